The van der Waals surface area contributed by atoms with E-state index in [0.717, 1.165) is 25.4 Å². The molecule has 0 radical (unpaired) electrons. The third kappa shape index (κ3) is 1.38. The Morgan fingerprint density at radius 1 is 1.50 bits per heavy atom. The highest BCUT2D eigenvalue weighted by atomic mass is 16.5. The second kappa shape index (κ2) is 3.00. The van der Waals surface area contributed by atoms with E-state index in [-0.39, 0.29) is 5.54 Å². The summed E-state index contributed by atoms with van der Waals surface area (Å²) in [5.74, 6) is 0.795. The Morgan fingerprint density at radius 2 is 2.25 bits per heavy atom. The zero-order valence-corrected chi connectivity index (χ0v) is 7.88. The Bertz CT molecular complexity index is 167. The zero-order chi connectivity index (χ0) is 8.60. The molecule has 0 spiro atoms. The van der Waals surface area contributed by atoms with E-state index in [1.54, 1.807) is 0 Å². The molecule has 0 aromatic heterocycles. The lowest BCUT2D eigenvalue weighted by Gasteiger charge is -2.29. The molecule has 2 nitrogen and oxygen atoms in total. The smallest absolute Gasteiger partial charge is 0.0783 e. The van der Waals surface area contributed by atoms with Gasteiger partial charge in [0.15, 0.2) is 0 Å². The molecule has 0 bridgehead atoms. The van der Waals surface area contributed by atoms with Crippen LogP contribution < -0.4 is 5.73 Å². The zero-order valence-electron chi connectivity index (χ0n) is 7.88. The second-order valence-corrected chi connectivity index (χ2v) is 4.36. The standard InChI is InChI=1S/C10H19NO/c1-2-5-10(11)6-7-12-9(10)8-3-4-8/h8-9H,2-7,11H2,1H3. The van der Waals surface area contributed by atoms with Crippen molar-refractivity contribution in [3.63, 3.8) is 0 Å². The topological polar surface area (TPSA) is 35.2 Å². The molecule has 2 heteroatoms. The van der Waals surface area contributed by atoms with Gasteiger partial charge in [-0.05, 0) is 31.6 Å². The van der Waals surface area contributed by atoms with Crippen LogP contribution in [0.25, 0.3) is 0 Å². The van der Waals surface area contributed by atoms with E-state index in [1.165, 1.54) is 19.3 Å². The van der Waals surface area contributed by atoms with Crippen LogP contribution in [0.2, 0.25) is 0 Å². The molecule has 0 aromatic rings. The predicted octanol–water partition coefficient (Wildman–Crippen LogP) is 1.68. The maximum absolute atomic E-state index is 6.33. The average molecular weight is 169 g/mol. The first-order valence-corrected chi connectivity index (χ1v) is 5.17. The van der Waals surface area contributed by atoms with Gasteiger partial charge < -0.3 is 10.5 Å². The summed E-state index contributed by atoms with van der Waals surface area (Å²) in [5.41, 5.74) is 6.35. The summed E-state index contributed by atoms with van der Waals surface area (Å²) in [6, 6.07) is 0. The molecule has 12 heavy (non-hydrogen) atoms. The second-order valence-electron chi connectivity index (χ2n) is 4.36. The minimum Gasteiger partial charge on any atom is -0.376 e. The van der Waals surface area contributed by atoms with Crippen LogP contribution in [0.1, 0.15) is 39.0 Å². The number of rotatable bonds is 3. The largest absolute Gasteiger partial charge is 0.376 e. The van der Waals surface area contributed by atoms with Crippen molar-refractivity contribution < 1.29 is 4.74 Å². The van der Waals surface area contributed by atoms with Crippen LogP contribution >= 0.6 is 0 Å². The summed E-state index contributed by atoms with van der Waals surface area (Å²) in [7, 11) is 0. The van der Waals surface area contributed by atoms with Gasteiger partial charge in [0.05, 0.1) is 6.10 Å². The first-order chi connectivity index (χ1) is 5.76. The minimum absolute atomic E-state index is 0.0237. The van der Waals surface area contributed by atoms with Gasteiger partial charge in [0.1, 0.15) is 0 Å². The highest BCUT2D eigenvalue weighted by Crippen LogP contribution is 2.43. The fourth-order valence-electron chi connectivity index (χ4n) is 2.42. The number of ether oxygens (including phenoxy) is 1. The van der Waals surface area contributed by atoms with Gasteiger partial charge in [0, 0.05) is 12.1 Å². The van der Waals surface area contributed by atoms with Crippen molar-refractivity contribution >= 4 is 0 Å². The maximum Gasteiger partial charge on any atom is 0.0783 e. The summed E-state index contributed by atoms with van der Waals surface area (Å²) in [5, 5.41) is 0. The SMILES string of the molecule is CCCC1(N)CCOC1C1CC1. The molecule has 1 saturated heterocycles. The Labute approximate surface area is 74.5 Å². The van der Waals surface area contributed by atoms with Crippen LogP contribution in [0.15, 0.2) is 0 Å². The predicted molar refractivity (Wildman–Crippen MR) is 48.9 cm³/mol. The van der Waals surface area contributed by atoms with Crippen LogP contribution in [0.4, 0.5) is 0 Å². The maximum atomic E-state index is 6.33. The van der Waals surface area contributed by atoms with Gasteiger partial charge >= 0.3 is 0 Å². The van der Waals surface area contributed by atoms with Crippen molar-refractivity contribution in [3.8, 4) is 0 Å². The van der Waals surface area contributed by atoms with E-state index in [0.29, 0.717) is 6.10 Å². The normalized spacial score (nSPS) is 42.0. The molecule has 2 atom stereocenters. The molecule has 1 aliphatic carbocycles. The third-order valence-electron chi connectivity index (χ3n) is 3.20. The monoisotopic (exact) mass is 169 g/mol. The lowest BCUT2D eigenvalue weighted by atomic mass is 9.85. The molecule has 1 saturated carbocycles. The molecule has 2 rings (SSSR count). The van der Waals surface area contributed by atoms with Crippen molar-refractivity contribution in [1.29, 1.82) is 0 Å². The van der Waals surface area contributed by atoms with E-state index < -0.39 is 0 Å². The summed E-state index contributed by atoms with van der Waals surface area (Å²) in [6.07, 6.45) is 6.46. The number of hydrogen-bond acceptors (Lipinski definition) is 2. The fourth-order valence-corrected chi connectivity index (χ4v) is 2.42. The van der Waals surface area contributed by atoms with Gasteiger partial charge in [-0.2, -0.15) is 0 Å². The Balaban J connectivity index is 2.00. The summed E-state index contributed by atoms with van der Waals surface area (Å²) < 4.78 is 5.72. The van der Waals surface area contributed by atoms with E-state index in [9.17, 15) is 0 Å². The van der Waals surface area contributed by atoms with Crippen LogP contribution in [-0.2, 0) is 4.74 Å². The number of hydrogen-bond donors (Lipinski definition) is 1. The van der Waals surface area contributed by atoms with E-state index >= 15 is 0 Å². The van der Waals surface area contributed by atoms with Gasteiger partial charge in [-0.1, -0.05) is 13.3 Å². The molecular formula is C10H19NO. The molecule has 0 aromatic carbocycles. The van der Waals surface area contributed by atoms with Crippen molar-refractivity contribution in [2.75, 3.05) is 6.61 Å². The van der Waals surface area contributed by atoms with Gasteiger partial charge in [0.2, 0.25) is 0 Å². The van der Waals surface area contributed by atoms with Crippen molar-refractivity contribution in [3.05, 3.63) is 0 Å². The van der Waals surface area contributed by atoms with Crippen LogP contribution in [-0.4, -0.2) is 18.2 Å². The summed E-state index contributed by atoms with van der Waals surface area (Å²) in [4.78, 5) is 0. The fraction of sp³-hybridized carbons (Fsp3) is 1.00. The summed E-state index contributed by atoms with van der Waals surface area (Å²) >= 11 is 0. The quantitative estimate of drug-likeness (QED) is 0.697. The number of nitrogens with two attached hydrogens (primary N) is 1. The summed E-state index contributed by atoms with van der Waals surface area (Å²) in [6.45, 7) is 3.09. The van der Waals surface area contributed by atoms with Crippen molar-refractivity contribution in [2.24, 2.45) is 11.7 Å². The molecule has 2 unspecified atom stereocenters. The Kier molecular flexibility index (Phi) is 2.13. The lowest BCUT2D eigenvalue weighted by Crippen LogP contribution is -2.48. The van der Waals surface area contributed by atoms with Gasteiger partial charge in [-0.15, -0.1) is 0 Å². The first kappa shape index (κ1) is 8.52. The van der Waals surface area contributed by atoms with Crippen LogP contribution in [0.3, 0.4) is 0 Å². The van der Waals surface area contributed by atoms with Gasteiger partial charge in [-0.25, -0.2) is 0 Å². The third-order valence-corrected chi connectivity index (χ3v) is 3.20. The molecule has 2 aliphatic rings. The Morgan fingerprint density at radius 3 is 2.83 bits per heavy atom. The molecule has 0 amide bonds. The van der Waals surface area contributed by atoms with Crippen LogP contribution in [0, 0.1) is 5.92 Å². The van der Waals surface area contributed by atoms with E-state index in [1.807, 2.05) is 0 Å². The molecule has 2 fully saturated rings. The van der Waals surface area contributed by atoms with Gasteiger partial charge in [0.25, 0.3) is 0 Å². The molecular weight excluding hydrogens is 150 g/mol. The van der Waals surface area contributed by atoms with Crippen molar-refractivity contribution in [2.45, 2.75) is 50.7 Å². The lowest BCUT2D eigenvalue weighted by molar-refractivity contribution is 0.0600. The molecule has 2 N–H and O–H groups in total. The minimum atomic E-state index is 0.0237. The van der Waals surface area contributed by atoms with E-state index in [2.05, 4.69) is 6.92 Å². The molecule has 1 aliphatic heterocycles. The van der Waals surface area contributed by atoms with Crippen LogP contribution in [0.5, 0.6) is 0 Å². The first-order valence-electron chi connectivity index (χ1n) is 5.17. The van der Waals surface area contributed by atoms with Crippen molar-refractivity contribution in [1.82, 2.24) is 0 Å². The average Bonchev–Trinajstić information content (AvgIpc) is 2.77. The highest BCUT2D eigenvalue weighted by molar-refractivity contribution is 5.02. The highest BCUT2D eigenvalue weighted by Gasteiger charge is 2.47. The Hall–Kier alpha value is -0.0800. The van der Waals surface area contributed by atoms with E-state index in [4.69, 9.17) is 10.5 Å². The molecule has 70 valence electrons. The molecule has 1 heterocycles. The van der Waals surface area contributed by atoms with Gasteiger partial charge in [-0.3, -0.25) is 0 Å².